The van der Waals surface area contributed by atoms with E-state index in [4.69, 9.17) is 4.42 Å². The van der Waals surface area contributed by atoms with Crippen LogP contribution in [-0.4, -0.2) is 24.2 Å². The van der Waals surface area contributed by atoms with Gasteiger partial charge >= 0.3 is 0 Å². The number of benzene rings is 4. The Labute approximate surface area is 230 Å². The van der Waals surface area contributed by atoms with Gasteiger partial charge in [0.2, 0.25) is 11.0 Å². The number of rotatable bonds is 3. The van der Waals surface area contributed by atoms with Gasteiger partial charge in [0.05, 0.1) is 6.07 Å². The monoisotopic (exact) mass is 517 g/mol. The van der Waals surface area contributed by atoms with Crippen molar-refractivity contribution < 1.29 is 9.52 Å². The molecule has 1 N–H and O–H groups in total. The molecule has 3 aromatic carbocycles. The molecule has 4 heteroatoms. The molecule has 3 aromatic rings. The third-order valence-electron chi connectivity index (χ3n) is 8.57. The smallest absolute Gasteiger partial charge is 0.209 e. The van der Waals surface area contributed by atoms with Crippen LogP contribution in [0.1, 0.15) is 51.2 Å². The van der Waals surface area contributed by atoms with Gasteiger partial charge in [-0.1, -0.05) is 31.2 Å². The van der Waals surface area contributed by atoms with Crippen LogP contribution in [0, 0.1) is 6.92 Å². The molecule has 0 saturated carbocycles. The zero-order valence-electron chi connectivity index (χ0n) is 23.7. The molecule has 0 fully saturated rings. The highest BCUT2D eigenvalue weighted by Gasteiger charge is 2.36. The third kappa shape index (κ3) is 4.19. The fraction of sp³-hybridized carbons (Fsp3) is 0.286. The molecule has 2 heterocycles. The Morgan fingerprint density at radius 2 is 1.72 bits per heavy atom. The molecule has 3 aliphatic rings. The average molecular weight is 518 g/mol. The molecule has 0 amide bonds. The first-order chi connectivity index (χ1) is 18.7. The molecule has 1 atom stereocenters. The summed E-state index contributed by atoms with van der Waals surface area (Å²) >= 11 is 0. The number of phenolic OH excluding ortho intramolecular Hbond substituents is 1. The van der Waals surface area contributed by atoms with Crippen LogP contribution in [-0.2, 0) is 0 Å². The lowest BCUT2D eigenvalue weighted by molar-refractivity contribution is 0.381. The molecule has 198 valence electrons. The zero-order valence-corrected chi connectivity index (χ0v) is 23.7. The Bertz CT molecular complexity index is 1740. The zero-order chi connectivity index (χ0) is 27.5. The van der Waals surface area contributed by atoms with Gasteiger partial charge in [-0.15, -0.1) is 0 Å². The van der Waals surface area contributed by atoms with E-state index in [0.29, 0.717) is 5.92 Å². The molecule has 6 rings (SSSR count). The second kappa shape index (κ2) is 9.30. The van der Waals surface area contributed by atoms with E-state index in [-0.39, 0.29) is 11.3 Å². The van der Waals surface area contributed by atoms with Gasteiger partial charge in [-0.2, -0.15) is 4.58 Å². The second-order valence-corrected chi connectivity index (χ2v) is 11.6. The minimum absolute atomic E-state index is 0.0878. The van der Waals surface area contributed by atoms with E-state index in [9.17, 15) is 5.11 Å². The quantitative estimate of drug-likeness (QED) is 0.194. The van der Waals surface area contributed by atoms with Gasteiger partial charge in [-0.25, -0.2) is 0 Å². The highest BCUT2D eigenvalue weighted by atomic mass is 16.3. The summed E-state index contributed by atoms with van der Waals surface area (Å²) in [5.41, 5.74) is 9.49. The van der Waals surface area contributed by atoms with Crippen LogP contribution in [0.4, 0.5) is 11.4 Å². The summed E-state index contributed by atoms with van der Waals surface area (Å²) < 4.78 is 8.88. The Balaban J connectivity index is 1.69. The summed E-state index contributed by atoms with van der Waals surface area (Å²) in [5, 5.41) is 11.9. The molecule has 0 radical (unpaired) electrons. The van der Waals surface area contributed by atoms with Gasteiger partial charge < -0.3 is 14.4 Å². The number of anilines is 1. The van der Waals surface area contributed by atoms with Crippen molar-refractivity contribution in [1.29, 1.82) is 0 Å². The fourth-order valence-electron chi connectivity index (χ4n) is 6.63. The van der Waals surface area contributed by atoms with E-state index >= 15 is 0 Å². The summed E-state index contributed by atoms with van der Waals surface area (Å²) in [6.45, 7) is 12.4. The van der Waals surface area contributed by atoms with Gasteiger partial charge in [-0.3, -0.25) is 0 Å². The SMILES string of the molecule is CCN1c2cc3oc4cc(=[N+](C)c5ccc(O)cc5)ccc-4c(-c4ccccc4C)c3cc2C(C)CC1(C)C. The molecular formula is C35H37N2O2+. The molecular weight excluding hydrogens is 480 g/mol. The standard InChI is InChI=1S/C35H36N2O2/c1-7-37-31-20-33-30(19-29(31)23(3)21-35(37,4)5)34(27-11-9-8-10-22(27)2)28-17-14-25(18-32(28)39-33)36(6)24-12-15-26(38)16-13-24/h8-20,23H,7,21H2,1-6H3/p+1. The largest absolute Gasteiger partial charge is 0.508 e. The van der Waals surface area contributed by atoms with Crippen LogP contribution in [0.5, 0.6) is 5.75 Å². The second-order valence-electron chi connectivity index (χ2n) is 11.6. The molecule has 0 spiro atoms. The van der Waals surface area contributed by atoms with Gasteiger partial charge in [0.1, 0.15) is 24.1 Å². The number of hydrogen-bond acceptors (Lipinski definition) is 3. The summed E-state index contributed by atoms with van der Waals surface area (Å²) in [5.74, 6) is 1.58. The summed E-state index contributed by atoms with van der Waals surface area (Å²) in [4.78, 5) is 2.53. The number of phenols is 1. The van der Waals surface area contributed by atoms with Crippen molar-refractivity contribution in [3.8, 4) is 28.2 Å². The van der Waals surface area contributed by atoms with Gasteiger partial charge in [0, 0.05) is 58.5 Å². The van der Waals surface area contributed by atoms with E-state index in [1.807, 2.05) is 19.2 Å². The van der Waals surface area contributed by atoms with Crippen molar-refractivity contribution in [1.82, 2.24) is 4.58 Å². The molecule has 0 bridgehead atoms. The highest BCUT2D eigenvalue weighted by molar-refractivity contribution is 6.04. The van der Waals surface area contributed by atoms with E-state index in [1.54, 1.807) is 12.1 Å². The van der Waals surface area contributed by atoms with Crippen LogP contribution in [0.25, 0.3) is 33.4 Å². The van der Waals surface area contributed by atoms with Crippen LogP contribution < -0.4 is 14.8 Å². The van der Waals surface area contributed by atoms with E-state index in [2.05, 4.69) is 98.7 Å². The normalized spacial score (nSPS) is 17.4. The molecule has 0 saturated heterocycles. The molecule has 39 heavy (non-hydrogen) atoms. The number of aryl methyl sites for hydroxylation is 1. The van der Waals surface area contributed by atoms with Gasteiger partial charge in [-0.05, 0) is 81.0 Å². The molecule has 1 unspecified atom stereocenters. The lowest BCUT2D eigenvalue weighted by Crippen LogP contribution is -2.48. The van der Waals surface area contributed by atoms with E-state index in [0.717, 1.165) is 46.3 Å². The Hall–Kier alpha value is -4.05. The predicted molar refractivity (Wildman–Crippen MR) is 162 cm³/mol. The van der Waals surface area contributed by atoms with Crippen LogP contribution in [0.15, 0.2) is 83.3 Å². The summed E-state index contributed by atoms with van der Waals surface area (Å²) in [6.07, 6.45) is 1.12. The molecule has 2 aliphatic heterocycles. The number of hydrogen-bond donors (Lipinski definition) is 1. The van der Waals surface area contributed by atoms with Crippen molar-refractivity contribution >= 4 is 22.3 Å². The number of nitrogens with zero attached hydrogens (tertiary/aromatic N) is 2. The molecule has 4 nitrogen and oxygen atoms in total. The number of fused-ring (bicyclic) bond motifs is 3. The van der Waals surface area contributed by atoms with Crippen LogP contribution in [0.3, 0.4) is 0 Å². The lowest BCUT2D eigenvalue weighted by atomic mass is 9.79. The molecule has 0 aromatic heterocycles. The number of aromatic hydroxyl groups is 1. The maximum atomic E-state index is 9.74. The van der Waals surface area contributed by atoms with E-state index in [1.165, 1.54) is 27.9 Å². The van der Waals surface area contributed by atoms with Crippen molar-refractivity contribution in [3.63, 3.8) is 0 Å². The van der Waals surface area contributed by atoms with Gasteiger partial charge in [0.25, 0.3) is 0 Å². The van der Waals surface area contributed by atoms with Crippen molar-refractivity contribution in [3.05, 3.63) is 95.3 Å². The van der Waals surface area contributed by atoms with Crippen molar-refractivity contribution in [2.75, 3.05) is 18.5 Å². The van der Waals surface area contributed by atoms with Crippen molar-refractivity contribution in [2.24, 2.45) is 0 Å². The third-order valence-corrected chi connectivity index (χ3v) is 8.57. The Morgan fingerprint density at radius 3 is 2.44 bits per heavy atom. The maximum absolute atomic E-state index is 9.74. The summed E-state index contributed by atoms with van der Waals surface area (Å²) in [6, 6.07) is 27.1. The van der Waals surface area contributed by atoms with E-state index < -0.39 is 0 Å². The van der Waals surface area contributed by atoms with Crippen molar-refractivity contribution in [2.45, 2.75) is 52.5 Å². The summed E-state index contributed by atoms with van der Waals surface area (Å²) in [7, 11) is 2.04. The predicted octanol–water partition coefficient (Wildman–Crippen LogP) is 8.06. The Morgan fingerprint density at radius 1 is 0.974 bits per heavy atom. The minimum Gasteiger partial charge on any atom is -0.508 e. The maximum Gasteiger partial charge on any atom is 0.209 e. The lowest BCUT2D eigenvalue weighted by Gasteiger charge is -2.47. The Kier molecular flexibility index (Phi) is 6.02. The van der Waals surface area contributed by atoms with Crippen LogP contribution in [0.2, 0.25) is 0 Å². The average Bonchev–Trinajstić information content (AvgIpc) is 2.91. The highest BCUT2D eigenvalue weighted by Crippen LogP contribution is 2.48. The van der Waals surface area contributed by atoms with Crippen LogP contribution >= 0.6 is 0 Å². The fourth-order valence-corrected chi connectivity index (χ4v) is 6.63. The first-order valence-electron chi connectivity index (χ1n) is 13.9. The minimum atomic E-state index is 0.0878. The van der Waals surface area contributed by atoms with Gasteiger partial charge in [0.15, 0.2) is 0 Å². The molecule has 1 aliphatic carbocycles. The first-order valence-corrected chi connectivity index (χ1v) is 13.9. The first kappa shape index (κ1) is 25.2. The topological polar surface area (TPSA) is 39.6 Å².